The van der Waals surface area contributed by atoms with Crippen LogP contribution in [0.2, 0.25) is 0 Å². The van der Waals surface area contributed by atoms with Gasteiger partial charge >= 0.3 is 0 Å². The van der Waals surface area contributed by atoms with E-state index in [1.54, 1.807) is 12.3 Å². The van der Waals surface area contributed by atoms with Gasteiger partial charge in [0.25, 0.3) is 0 Å². The van der Waals surface area contributed by atoms with E-state index in [9.17, 15) is 0 Å². The smallest absolute Gasteiger partial charge is 0.138 e. The first-order chi connectivity index (χ1) is 6.76. The molecule has 1 rings (SSSR count). The molecule has 0 spiro atoms. The van der Waals surface area contributed by atoms with Crippen LogP contribution in [0.15, 0.2) is 31.0 Å². The van der Waals surface area contributed by atoms with Crippen molar-refractivity contribution in [3.8, 4) is 5.75 Å². The number of nitrogens with one attached hydrogen (secondary N) is 1. The zero-order valence-electron chi connectivity index (χ0n) is 8.66. The van der Waals surface area contributed by atoms with Crippen molar-refractivity contribution in [2.45, 2.75) is 19.6 Å². The molecule has 0 amide bonds. The second-order valence-corrected chi connectivity index (χ2v) is 3.07. The van der Waals surface area contributed by atoms with Crippen LogP contribution in [0.1, 0.15) is 12.6 Å². The maximum atomic E-state index is 5.50. The molecule has 0 aliphatic rings. The van der Waals surface area contributed by atoms with Gasteiger partial charge in [-0.25, -0.2) is 0 Å². The zero-order chi connectivity index (χ0) is 10.4. The summed E-state index contributed by atoms with van der Waals surface area (Å²) in [5, 5.41) is 3.04. The summed E-state index contributed by atoms with van der Waals surface area (Å²) in [5.74, 6) is 0.775. The number of ether oxygens (including phenoxy) is 1. The van der Waals surface area contributed by atoms with E-state index in [0.717, 1.165) is 18.0 Å². The topological polar surface area (TPSA) is 34.1 Å². The minimum atomic E-state index is 0.0203. The number of rotatable bonds is 5. The highest BCUT2D eigenvalue weighted by molar-refractivity contribution is 5.20. The summed E-state index contributed by atoms with van der Waals surface area (Å²) in [4.78, 5) is 4.23. The van der Waals surface area contributed by atoms with E-state index in [2.05, 4.69) is 16.9 Å². The van der Waals surface area contributed by atoms with Crippen molar-refractivity contribution in [1.29, 1.82) is 0 Å². The first-order valence-electron chi connectivity index (χ1n) is 4.65. The van der Waals surface area contributed by atoms with Crippen LogP contribution in [0.4, 0.5) is 0 Å². The Morgan fingerprint density at radius 2 is 2.43 bits per heavy atom. The average Bonchev–Trinajstić information content (AvgIpc) is 2.21. The predicted molar refractivity (Wildman–Crippen MR) is 57.3 cm³/mol. The van der Waals surface area contributed by atoms with Crippen molar-refractivity contribution >= 4 is 0 Å². The molecule has 76 valence electrons. The maximum Gasteiger partial charge on any atom is 0.138 e. The number of aromatic nitrogens is 1. The van der Waals surface area contributed by atoms with Gasteiger partial charge < -0.3 is 10.1 Å². The van der Waals surface area contributed by atoms with Gasteiger partial charge in [0.1, 0.15) is 11.9 Å². The van der Waals surface area contributed by atoms with Gasteiger partial charge in [0.2, 0.25) is 0 Å². The molecule has 1 aromatic heterocycles. The van der Waals surface area contributed by atoms with Crippen molar-refractivity contribution in [3.05, 3.63) is 36.7 Å². The lowest BCUT2D eigenvalue weighted by Gasteiger charge is -2.10. The zero-order valence-corrected chi connectivity index (χ0v) is 8.66. The fraction of sp³-hybridized carbons (Fsp3) is 0.364. The van der Waals surface area contributed by atoms with Crippen molar-refractivity contribution in [1.82, 2.24) is 10.3 Å². The molecule has 0 fully saturated rings. The summed E-state index contributed by atoms with van der Waals surface area (Å²) in [7, 11) is 1.89. The Morgan fingerprint density at radius 1 is 1.64 bits per heavy atom. The lowest BCUT2D eigenvalue weighted by Crippen LogP contribution is -2.09. The minimum absolute atomic E-state index is 0.0203. The highest BCUT2D eigenvalue weighted by Crippen LogP contribution is 2.11. The van der Waals surface area contributed by atoms with Gasteiger partial charge in [0, 0.05) is 6.54 Å². The number of hydrogen-bond acceptors (Lipinski definition) is 3. The molecule has 3 nitrogen and oxygen atoms in total. The molecule has 0 saturated heterocycles. The van der Waals surface area contributed by atoms with E-state index < -0.39 is 0 Å². The van der Waals surface area contributed by atoms with Gasteiger partial charge in [-0.2, -0.15) is 0 Å². The third kappa shape index (κ3) is 3.18. The average molecular weight is 192 g/mol. The van der Waals surface area contributed by atoms with Gasteiger partial charge in [-0.1, -0.05) is 12.7 Å². The summed E-state index contributed by atoms with van der Waals surface area (Å²) in [6.45, 7) is 6.36. The summed E-state index contributed by atoms with van der Waals surface area (Å²) in [6.07, 6.45) is 3.50. The van der Waals surface area contributed by atoms with Gasteiger partial charge in [-0.3, -0.25) is 4.98 Å². The van der Waals surface area contributed by atoms with Crippen molar-refractivity contribution in [3.63, 3.8) is 0 Å². The Morgan fingerprint density at radius 3 is 2.93 bits per heavy atom. The molecule has 0 saturated carbocycles. The highest BCUT2D eigenvalue weighted by Gasteiger charge is 1.99. The van der Waals surface area contributed by atoms with E-state index in [4.69, 9.17) is 4.74 Å². The monoisotopic (exact) mass is 192 g/mol. The molecule has 1 aromatic rings. The lowest BCUT2D eigenvalue weighted by atomic mass is 10.3. The quantitative estimate of drug-likeness (QED) is 0.722. The Hall–Kier alpha value is -1.35. The van der Waals surface area contributed by atoms with Crippen molar-refractivity contribution in [2.24, 2.45) is 0 Å². The van der Waals surface area contributed by atoms with Crippen LogP contribution in [0.25, 0.3) is 0 Å². The molecule has 0 bridgehead atoms. The van der Waals surface area contributed by atoms with E-state index in [1.165, 1.54) is 0 Å². The molecule has 0 aliphatic heterocycles. The Bertz CT molecular complexity index is 282. The van der Waals surface area contributed by atoms with Crippen molar-refractivity contribution < 1.29 is 4.74 Å². The van der Waals surface area contributed by atoms with E-state index in [-0.39, 0.29) is 6.10 Å². The van der Waals surface area contributed by atoms with E-state index in [0.29, 0.717) is 0 Å². The Labute approximate surface area is 84.8 Å². The molecule has 0 aliphatic carbocycles. The maximum absolute atomic E-state index is 5.50. The van der Waals surface area contributed by atoms with Gasteiger partial charge in [0.15, 0.2) is 0 Å². The molecular formula is C11H16N2O. The second kappa shape index (κ2) is 5.40. The normalized spacial score (nSPS) is 12.1. The molecule has 1 N–H and O–H groups in total. The van der Waals surface area contributed by atoms with Crippen LogP contribution < -0.4 is 10.1 Å². The highest BCUT2D eigenvalue weighted by atomic mass is 16.5. The van der Waals surface area contributed by atoms with Crippen LogP contribution in [0, 0.1) is 0 Å². The summed E-state index contributed by atoms with van der Waals surface area (Å²) in [6, 6.07) is 3.86. The third-order valence-electron chi connectivity index (χ3n) is 1.81. The van der Waals surface area contributed by atoms with Crippen LogP contribution >= 0.6 is 0 Å². The SMILES string of the molecule is C=CC(C)Oc1ccc(CNC)nc1. The van der Waals surface area contributed by atoms with Crippen LogP contribution in [0.3, 0.4) is 0 Å². The standard InChI is InChI=1S/C11H16N2O/c1-4-9(2)14-11-6-5-10(7-12-3)13-8-11/h4-6,8-9,12H,1,7H2,2-3H3. The van der Waals surface area contributed by atoms with E-state index in [1.807, 2.05) is 26.1 Å². The second-order valence-electron chi connectivity index (χ2n) is 3.07. The Kier molecular flexibility index (Phi) is 4.13. The van der Waals surface area contributed by atoms with E-state index >= 15 is 0 Å². The summed E-state index contributed by atoms with van der Waals surface area (Å²) in [5.41, 5.74) is 1.01. The Balaban J connectivity index is 2.59. The van der Waals surface area contributed by atoms with Crippen LogP contribution in [-0.2, 0) is 6.54 Å². The molecule has 3 heteroatoms. The van der Waals surface area contributed by atoms with Gasteiger partial charge in [-0.15, -0.1) is 0 Å². The number of nitrogens with zero attached hydrogens (tertiary/aromatic N) is 1. The largest absolute Gasteiger partial charge is 0.485 e. The minimum Gasteiger partial charge on any atom is -0.485 e. The summed E-state index contributed by atoms with van der Waals surface area (Å²) < 4.78 is 5.50. The first kappa shape index (κ1) is 10.7. The first-order valence-corrected chi connectivity index (χ1v) is 4.65. The van der Waals surface area contributed by atoms with Gasteiger partial charge in [0.05, 0.1) is 11.9 Å². The molecule has 1 heterocycles. The molecule has 0 aromatic carbocycles. The molecule has 1 atom stereocenters. The number of hydrogen-bond donors (Lipinski definition) is 1. The van der Waals surface area contributed by atoms with Gasteiger partial charge in [-0.05, 0) is 26.1 Å². The van der Waals surface area contributed by atoms with Crippen LogP contribution in [-0.4, -0.2) is 18.1 Å². The number of pyridine rings is 1. The molecular weight excluding hydrogens is 176 g/mol. The molecule has 14 heavy (non-hydrogen) atoms. The van der Waals surface area contributed by atoms with Crippen molar-refractivity contribution in [2.75, 3.05) is 7.05 Å². The van der Waals surface area contributed by atoms with Crippen LogP contribution in [0.5, 0.6) is 5.75 Å². The lowest BCUT2D eigenvalue weighted by molar-refractivity contribution is 0.269. The summed E-state index contributed by atoms with van der Waals surface area (Å²) >= 11 is 0. The fourth-order valence-electron chi connectivity index (χ4n) is 1.03. The molecule has 0 radical (unpaired) electrons. The predicted octanol–water partition coefficient (Wildman–Crippen LogP) is 1.75. The third-order valence-corrected chi connectivity index (χ3v) is 1.81. The molecule has 1 unspecified atom stereocenters. The fourth-order valence-corrected chi connectivity index (χ4v) is 1.03.